The molecular formula is C13H25N3O2. The standard InChI is InChI=1S/C13H25N3O2/c1-2-7-11(12(14)16-18)15-13(17)10-8-5-3-4-6-9-10/h10-11,18H,2-9H2,1H3,(H2,14,16)(H,15,17). The number of hydrogen-bond donors (Lipinski definition) is 3. The molecule has 0 aromatic heterocycles. The topological polar surface area (TPSA) is 87.7 Å². The summed E-state index contributed by atoms with van der Waals surface area (Å²) in [5, 5.41) is 14.6. The van der Waals surface area contributed by atoms with Crippen molar-refractivity contribution in [1.82, 2.24) is 5.32 Å². The lowest BCUT2D eigenvalue weighted by Crippen LogP contribution is -2.46. The summed E-state index contributed by atoms with van der Waals surface area (Å²) in [5.41, 5.74) is 5.60. The van der Waals surface area contributed by atoms with Gasteiger partial charge in [-0.05, 0) is 19.3 Å². The van der Waals surface area contributed by atoms with E-state index in [0.29, 0.717) is 6.42 Å². The van der Waals surface area contributed by atoms with Crippen LogP contribution in [0.3, 0.4) is 0 Å². The third kappa shape index (κ3) is 4.55. The van der Waals surface area contributed by atoms with Crippen LogP contribution in [-0.4, -0.2) is 23.0 Å². The van der Waals surface area contributed by atoms with E-state index in [2.05, 4.69) is 10.5 Å². The second kappa shape index (κ2) is 7.95. The number of amidine groups is 1. The molecule has 4 N–H and O–H groups in total. The molecule has 0 radical (unpaired) electrons. The maximum Gasteiger partial charge on any atom is 0.223 e. The van der Waals surface area contributed by atoms with Crippen molar-refractivity contribution in [2.75, 3.05) is 0 Å². The van der Waals surface area contributed by atoms with Gasteiger partial charge in [-0.3, -0.25) is 4.79 Å². The Morgan fingerprint density at radius 3 is 2.50 bits per heavy atom. The van der Waals surface area contributed by atoms with Crippen LogP contribution in [0, 0.1) is 5.92 Å². The van der Waals surface area contributed by atoms with Crippen molar-refractivity contribution in [2.24, 2.45) is 16.8 Å². The lowest BCUT2D eigenvalue weighted by molar-refractivity contribution is -0.125. The van der Waals surface area contributed by atoms with E-state index >= 15 is 0 Å². The van der Waals surface area contributed by atoms with E-state index in [1.54, 1.807) is 0 Å². The van der Waals surface area contributed by atoms with Gasteiger partial charge >= 0.3 is 0 Å². The number of oxime groups is 1. The van der Waals surface area contributed by atoms with Crippen LogP contribution in [-0.2, 0) is 4.79 Å². The molecule has 1 fully saturated rings. The number of nitrogens with one attached hydrogen (secondary N) is 1. The van der Waals surface area contributed by atoms with Crippen LogP contribution in [0.25, 0.3) is 0 Å². The molecule has 18 heavy (non-hydrogen) atoms. The molecule has 1 amide bonds. The van der Waals surface area contributed by atoms with Crippen molar-refractivity contribution in [1.29, 1.82) is 0 Å². The van der Waals surface area contributed by atoms with E-state index in [9.17, 15) is 4.79 Å². The van der Waals surface area contributed by atoms with Crippen LogP contribution >= 0.6 is 0 Å². The number of carbonyl (C=O) groups excluding carboxylic acids is 1. The maximum absolute atomic E-state index is 12.2. The Labute approximate surface area is 109 Å². The van der Waals surface area contributed by atoms with Gasteiger partial charge in [0.1, 0.15) is 0 Å². The van der Waals surface area contributed by atoms with E-state index in [0.717, 1.165) is 32.1 Å². The van der Waals surface area contributed by atoms with Gasteiger partial charge in [0, 0.05) is 5.92 Å². The molecule has 5 nitrogen and oxygen atoms in total. The van der Waals surface area contributed by atoms with Crippen molar-refractivity contribution >= 4 is 11.7 Å². The number of carbonyl (C=O) groups is 1. The fraction of sp³-hybridized carbons (Fsp3) is 0.846. The lowest BCUT2D eigenvalue weighted by atomic mass is 9.98. The van der Waals surface area contributed by atoms with Crippen LogP contribution in [0.4, 0.5) is 0 Å². The quantitative estimate of drug-likeness (QED) is 0.231. The minimum Gasteiger partial charge on any atom is -0.409 e. The number of nitrogens with zero attached hydrogens (tertiary/aromatic N) is 1. The van der Waals surface area contributed by atoms with Crippen LogP contribution in [0.15, 0.2) is 5.16 Å². The molecule has 0 spiro atoms. The molecule has 0 aromatic carbocycles. The summed E-state index contributed by atoms with van der Waals surface area (Å²) in [5.74, 6) is 0.249. The molecule has 1 aliphatic rings. The summed E-state index contributed by atoms with van der Waals surface area (Å²) in [7, 11) is 0. The van der Waals surface area contributed by atoms with Crippen molar-refractivity contribution in [2.45, 2.75) is 64.3 Å². The van der Waals surface area contributed by atoms with Crippen molar-refractivity contribution in [3.63, 3.8) is 0 Å². The van der Waals surface area contributed by atoms with Crippen LogP contribution in [0.1, 0.15) is 58.3 Å². The fourth-order valence-electron chi connectivity index (χ4n) is 2.48. The Balaban J connectivity index is 2.53. The van der Waals surface area contributed by atoms with E-state index < -0.39 is 0 Å². The Morgan fingerprint density at radius 2 is 2.00 bits per heavy atom. The first-order valence-corrected chi connectivity index (χ1v) is 6.96. The highest BCUT2D eigenvalue weighted by atomic mass is 16.4. The zero-order valence-corrected chi connectivity index (χ0v) is 11.2. The molecule has 1 saturated carbocycles. The van der Waals surface area contributed by atoms with E-state index in [1.165, 1.54) is 12.8 Å². The summed E-state index contributed by atoms with van der Waals surface area (Å²) in [4.78, 5) is 12.2. The van der Waals surface area contributed by atoms with Gasteiger partial charge in [-0.2, -0.15) is 0 Å². The Bertz CT molecular complexity index is 284. The van der Waals surface area contributed by atoms with Gasteiger partial charge in [0.05, 0.1) is 6.04 Å². The largest absolute Gasteiger partial charge is 0.409 e. The average molecular weight is 255 g/mol. The van der Waals surface area contributed by atoms with Crippen LogP contribution < -0.4 is 11.1 Å². The van der Waals surface area contributed by atoms with Crippen LogP contribution in [0.5, 0.6) is 0 Å². The van der Waals surface area contributed by atoms with Gasteiger partial charge in [-0.1, -0.05) is 44.2 Å². The number of hydrogen-bond acceptors (Lipinski definition) is 3. The molecule has 5 heteroatoms. The number of rotatable bonds is 5. The molecule has 0 saturated heterocycles. The molecular weight excluding hydrogens is 230 g/mol. The zero-order valence-electron chi connectivity index (χ0n) is 11.2. The zero-order chi connectivity index (χ0) is 13.4. The Morgan fingerprint density at radius 1 is 1.39 bits per heavy atom. The molecule has 104 valence electrons. The SMILES string of the molecule is CCCC(NC(=O)C1CCCCCC1)/C(N)=N/O. The van der Waals surface area contributed by atoms with Crippen molar-refractivity contribution < 1.29 is 10.0 Å². The maximum atomic E-state index is 12.2. The average Bonchev–Trinajstić information content (AvgIpc) is 2.66. The second-order valence-corrected chi connectivity index (χ2v) is 5.06. The number of nitrogens with two attached hydrogens (primary N) is 1. The first-order chi connectivity index (χ1) is 8.69. The third-order valence-corrected chi connectivity index (χ3v) is 3.59. The molecule has 1 unspecified atom stereocenters. The summed E-state index contributed by atoms with van der Waals surface area (Å²) >= 11 is 0. The lowest BCUT2D eigenvalue weighted by Gasteiger charge is -2.20. The summed E-state index contributed by atoms with van der Waals surface area (Å²) in [6, 6.07) is -0.337. The molecule has 0 bridgehead atoms. The minimum atomic E-state index is -0.337. The third-order valence-electron chi connectivity index (χ3n) is 3.59. The highest BCUT2D eigenvalue weighted by molar-refractivity contribution is 5.90. The highest BCUT2D eigenvalue weighted by Gasteiger charge is 2.23. The van der Waals surface area contributed by atoms with Gasteiger partial charge in [0.15, 0.2) is 5.84 Å². The fourth-order valence-corrected chi connectivity index (χ4v) is 2.48. The van der Waals surface area contributed by atoms with Crippen LogP contribution in [0.2, 0.25) is 0 Å². The second-order valence-electron chi connectivity index (χ2n) is 5.06. The Hall–Kier alpha value is -1.26. The Kier molecular flexibility index (Phi) is 6.54. The smallest absolute Gasteiger partial charge is 0.223 e. The van der Waals surface area contributed by atoms with Crippen molar-refractivity contribution in [3.05, 3.63) is 0 Å². The molecule has 1 aliphatic carbocycles. The molecule has 0 heterocycles. The number of amides is 1. The predicted molar refractivity (Wildman–Crippen MR) is 71.4 cm³/mol. The first kappa shape index (κ1) is 14.8. The van der Waals surface area contributed by atoms with E-state index in [4.69, 9.17) is 10.9 Å². The van der Waals surface area contributed by atoms with Gasteiger partial charge in [0.25, 0.3) is 0 Å². The van der Waals surface area contributed by atoms with Gasteiger partial charge in [0.2, 0.25) is 5.91 Å². The summed E-state index contributed by atoms with van der Waals surface area (Å²) in [6.45, 7) is 2.01. The molecule has 0 aliphatic heterocycles. The minimum absolute atomic E-state index is 0.0574. The van der Waals surface area contributed by atoms with Gasteiger partial charge in [-0.15, -0.1) is 0 Å². The highest BCUT2D eigenvalue weighted by Crippen LogP contribution is 2.23. The summed E-state index contributed by atoms with van der Waals surface area (Å²) < 4.78 is 0. The van der Waals surface area contributed by atoms with Gasteiger partial charge < -0.3 is 16.3 Å². The normalized spacial score (nSPS) is 20.2. The van der Waals surface area contributed by atoms with Gasteiger partial charge in [-0.25, -0.2) is 0 Å². The van der Waals surface area contributed by atoms with Crippen molar-refractivity contribution in [3.8, 4) is 0 Å². The molecule has 1 rings (SSSR count). The van der Waals surface area contributed by atoms with E-state index in [1.807, 2.05) is 6.92 Å². The summed E-state index contributed by atoms with van der Waals surface area (Å²) in [6.07, 6.45) is 8.20. The predicted octanol–water partition coefficient (Wildman–Crippen LogP) is 1.99. The molecule has 1 atom stereocenters. The van der Waals surface area contributed by atoms with E-state index in [-0.39, 0.29) is 23.7 Å². The molecule has 0 aromatic rings. The first-order valence-electron chi connectivity index (χ1n) is 6.96. The monoisotopic (exact) mass is 255 g/mol.